The van der Waals surface area contributed by atoms with Gasteiger partial charge in [-0.1, -0.05) is 6.08 Å². The van der Waals surface area contributed by atoms with Crippen LogP contribution >= 0.6 is 0 Å². The topological polar surface area (TPSA) is 49.9 Å². The molecule has 3 heterocycles. The highest BCUT2D eigenvalue weighted by atomic mass is 16.5. The first-order valence-corrected chi connectivity index (χ1v) is 9.30. The van der Waals surface area contributed by atoms with Crippen molar-refractivity contribution in [2.75, 3.05) is 32.8 Å². The summed E-state index contributed by atoms with van der Waals surface area (Å²) >= 11 is 0. The molecular weight excluding hydrogens is 304 g/mol. The SMILES string of the molecule is C=CCN1CC2(CCC1=O)CCN(C(=O)[C@@]1(C)CCCCO1)CC2. The first kappa shape index (κ1) is 17.5. The van der Waals surface area contributed by atoms with Crippen molar-refractivity contribution in [2.45, 2.75) is 57.5 Å². The molecular formula is C19H30N2O3. The van der Waals surface area contributed by atoms with E-state index in [4.69, 9.17) is 4.74 Å². The number of hydrogen-bond donors (Lipinski definition) is 0. The van der Waals surface area contributed by atoms with Crippen LogP contribution in [0.5, 0.6) is 0 Å². The average Bonchev–Trinajstić information content (AvgIpc) is 2.59. The summed E-state index contributed by atoms with van der Waals surface area (Å²) in [4.78, 5) is 28.8. The van der Waals surface area contributed by atoms with Crippen molar-refractivity contribution in [3.05, 3.63) is 12.7 Å². The number of likely N-dealkylation sites (tertiary alicyclic amines) is 2. The number of carbonyl (C=O) groups is 2. The molecule has 0 saturated carbocycles. The van der Waals surface area contributed by atoms with E-state index in [0.29, 0.717) is 19.6 Å². The van der Waals surface area contributed by atoms with Gasteiger partial charge in [0.25, 0.3) is 5.91 Å². The first-order chi connectivity index (χ1) is 11.5. The second-order valence-corrected chi connectivity index (χ2v) is 7.89. The molecule has 3 rings (SSSR count). The Morgan fingerprint density at radius 2 is 2.00 bits per heavy atom. The van der Waals surface area contributed by atoms with Crippen LogP contribution in [0.1, 0.15) is 51.9 Å². The summed E-state index contributed by atoms with van der Waals surface area (Å²) in [7, 11) is 0. The largest absolute Gasteiger partial charge is 0.365 e. The summed E-state index contributed by atoms with van der Waals surface area (Å²) < 4.78 is 5.83. The number of ether oxygens (including phenoxy) is 1. The predicted molar refractivity (Wildman–Crippen MR) is 92.5 cm³/mol. The van der Waals surface area contributed by atoms with Crippen LogP contribution in [0.4, 0.5) is 0 Å². The lowest BCUT2D eigenvalue weighted by atomic mass is 9.72. The number of piperidine rings is 2. The van der Waals surface area contributed by atoms with Crippen LogP contribution in [-0.4, -0.2) is 60.0 Å². The van der Waals surface area contributed by atoms with Crippen molar-refractivity contribution in [3.63, 3.8) is 0 Å². The van der Waals surface area contributed by atoms with Gasteiger partial charge in [0.05, 0.1) is 0 Å². The lowest BCUT2D eigenvalue weighted by Crippen LogP contribution is -2.56. The summed E-state index contributed by atoms with van der Waals surface area (Å²) in [5.74, 6) is 0.397. The molecule has 0 aliphatic carbocycles. The number of nitrogens with zero attached hydrogens (tertiary/aromatic N) is 2. The second kappa shape index (κ2) is 6.87. The van der Waals surface area contributed by atoms with Gasteiger partial charge in [-0.2, -0.15) is 0 Å². The molecule has 2 amide bonds. The number of rotatable bonds is 3. The van der Waals surface area contributed by atoms with Gasteiger partial charge in [-0.15, -0.1) is 6.58 Å². The summed E-state index contributed by atoms with van der Waals surface area (Å²) in [6, 6.07) is 0. The summed E-state index contributed by atoms with van der Waals surface area (Å²) in [5.41, 5.74) is -0.442. The molecule has 5 heteroatoms. The van der Waals surface area contributed by atoms with E-state index in [-0.39, 0.29) is 17.2 Å². The van der Waals surface area contributed by atoms with Gasteiger partial charge in [0.15, 0.2) is 0 Å². The smallest absolute Gasteiger partial charge is 0.254 e. The zero-order valence-corrected chi connectivity index (χ0v) is 14.9. The number of carbonyl (C=O) groups excluding carboxylic acids is 2. The molecule has 3 saturated heterocycles. The molecule has 0 N–H and O–H groups in total. The Labute approximate surface area is 145 Å². The van der Waals surface area contributed by atoms with Gasteiger partial charge in [0, 0.05) is 39.2 Å². The molecule has 0 bridgehead atoms. The van der Waals surface area contributed by atoms with E-state index in [2.05, 4.69) is 6.58 Å². The summed E-state index contributed by atoms with van der Waals surface area (Å²) in [6.45, 7) is 9.42. The first-order valence-electron chi connectivity index (χ1n) is 9.30. The van der Waals surface area contributed by atoms with Crippen LogP contribution < -0.4 is 0 Å². The maximum absolute atomic E-state index is 12.9. The van der Waals surface area contributed by atoms with Gasteiger partial charge in [-0.3, -0.25) is 9.59 Å². The molecule has 0 aromatic rings. The lowest BCUT2D eigenvalue weighted by Gasteiger charge is -2.48. The fourth-order valence-corrected chi connectivity index (χ4v) is 4.45. The van der Waals surface area contributed by atoms with Crippen LogP contribution in [0.15, 0.2) is 12.7 Å². The molecule has 3 aliphatic heterocycles. The third-order valence-electron chi connectivity index (χ3n) is 6.13. The zero-order valence-electron chi connectivity index (χ0n) is 14.9. The van der Waals surface area contributed by atoms with Crippen molar-refractivity contribution in [1.29, 1.82) is 0 Å². The standard InChI is InChI=1S/C19H30N2O3/c1-3-11-21-15-19(8-6-16(21)22)9-12-20(13-10-19)17(23)18(2)7-4-5-14-24-18/h3H,1,4-15H2,2H3/t18-/m1/s1. The summed E-state index contributed by atoms with van der Waals surface area (Å²) in [6.07, 6.45) is 8.30. The maximum Gasteiger partial charge on any atom is 0.254 e. The average molecular weight is 334 g/mol. The van der Waals surface area contributed by atoms with Crippen LogP contribution in [0.2, 0.25) is 0 Å². The van der Waals surface area contributed by atoms with Crippen LogP contribution in [-0.2, 0) is 14.3 Å². The van der Waals surface area contributed by atoms with Gasteiger partial charge >= 0.3 is 0 Å². The molecule has 5 nitrogen and oxygen atoms in total. The minimum Gasteiger partial charge on any atom is -0.365 e. The van der Waals surface area contributed by atoms with E-state index < -0.39 is 5.60 Å². The van der Waals surface area contributed by atoms with Gasteiger partial charge < -0.3 is 14.5 Å². The third-order valence-corrected chi connectivity index (χ3v) is 6.13. The van der Waals surface area contributed by atoms with E-state index in [0.717, 1.165) is 58.2 Å². The Morgan fingerprint density at radius 1 is 1.25 bits per heavy atom. The van der Waals surface area contributed by atoms with Crippen LogP contribution in [0.3, 0.4) is 0 Å². The highest BCUT2D eigenvalue weighted by molar-refractivity contribution is 5.85. The Bertz CT molecular complexity index is 503. The second-order valence-electron chi connectivity index (χ2n) is 7.89. The summed E-state index contributed by atoms with van der Waals surface area (Å²) in [5, 5.41) is 0. The number of hydrogen-bond acceptors (Lipinski definition) is 3. The number of amides is 2. The molecule has 1 spiro atoms. The molecule has 0 radical (unpaired) electrons. The van der Waals surface area contributed by atoms with Gasteiger partial charge in [-0.25, -0.2) is 0 Å². The molecule has 24 heavy (non-hydrogen) atoms. The van der Waals surface area contributed by atoms with E-state index in [9.17, 15) is 9.59 Å². The third kappa shape index (κ3) is 3.37. The van der Waals surface area contributed by atoms with E-state index >= 15 is 0 Å². The Balaban J connectivity index is 1.60. The molecule has 0 aromatic heterocycles. The van der Waals surface area contributed by atoms with Crippen LogP contribution in [0, 0.1) is 5.41 Å². The molecule has 0 aromatic carbocycles. The van der Waals surface area contributed by atoms with Gasteiger partial charge in [-0.05, 0) is 50.9 Å². The quantitative estimate of drug-likeness (QED) is 0.745. The monoisotopic (exact) mass is 334 g/mol. The van der Waals surface area contributed by atoms with Gasteiger partial charge in [0.2, 0.25) is 5.91 Å². The van der Waals surface area contributed by atoms with E-state index in [1.165, 1.54) is 0 Å². The van der Waals surface area contributed by atoms with Crippen molar-refractivity contribution >= 4 is 11.8 Å². The van der Waals surface area contributed by atoms with E-state index in [1.54, 1.807) is 6.08 Å². The molecule has 3 fully saturated rings. The Kier molecular flexibility index (Phi) is 5.00. The zero-order chi connectivity index (χ0) is 17.2. The van der Waals surface area contributed by atoms with E-state index in [1.807, 2.05) is 16.7 Å². The fraction of sp³-hybridized carbons (Fsp3) is 0.789. The highest BCUT2D eigenvalue weighted by Crippen LogP contribution is 2.41. The molecule has 0 unspecified atom stereocenters. The van der Waals surface area contributed by atoms with Crippen molar-refractivity contribution < 1.29 is 14.3 Å². The molecule has 1 atom stereocenters. The maximum atomic E-state index is 12.9. The van der Waals surface area contributed by atoms with Crippen molar-refractivity contribution in [3.8, 4) is 0 Å². The normalized spacial score (nSPS) is 30.5. The molecule has 3 aliphatic rings. The minimum absolute atomic E-state index is 0.159. The van der Waals surface area contributed by atoms with Gasteiger partial charge in [0.1, 0.15) is 5.60 Å². The molecule has 134 valence electrons. The fourth-order valence-electron chi connectivity index (χ4n) is 4.45. The van der Waals surface area contributed by atoms with Crippen LogP contribution in [0.25, 0.3) is 0 Å². The van der Waals surface area contributed by atoms with Crippen molar-refractivity contribution in [1.82, 2.24) is 9.80 Å². The van der Waals surface area contributed by atoms with Crippen molar-refractivity contribution in [2.24, 2.45) is 5.41 Å². The minimum atomic E-state index is -0.625. The Hall–Kier alpha value is -1.36. The highest BCUT2D eigenvalue weighted by Gasteiger charge is 2.45. The predicted octanol–water partition coefficient (Wildman–Crippen LogP) is 2.36. The Morgan fingerprint density at radius 3 is 2.62 bits per heavy atom. The lowest BCUT2D eigenvalue weighted by molar-refractivity contribution is -0.165.